The number of benzene rings is 1. The topological polar surface area (TPSA) is 85.2 Å². The lowest BCUT2D eigenvalue weighted by atomic mass is 9.95. The molecule has 0 amide bonds. The van der Waals surface area contributed by atoms with Crippen LogP contribution < -0.4 is 9.47 Å². The van der Waals surface area contributed by atoms with Crippen LogP contribution in [0.3, 0.4) is 0 Å². The summed E-state index contributed by atoms with van der Waals surface area (Å²) in [6.07, 6.45) is 0. The first-order valence-corrected chi connectivity index (χ1v) is 6.02. The Balaban J connectivity index is 2.53. The fourth-order valence-electron chi connectivity index (χ4n) is 1.70. The van der Waals surface area contributed by atoms with Crippen molar-refractivity contribution in [3.8, 4) is 11.5 Å². The van der Waals surface area contributed by atoms with Gasteiger partial charge >= 0.3 is 13.1 Å². The lowest BCUT2D eigenvalue weighted by Crippen LogP contribution is -2.39. The summed E-state index contributed by atoms with van der Waals surface area (Å²) in [4.78, 5) is 11.8. The zero-order valence-electron chi connectivity index (χ0n) is 10.6. The van der Waals surface area contributed by atoms with Gasteiger partial charge in [0.1, 0.15) is 17.9 Å². The lowest BCUT2D eigenvalue weighted by molar-refractivity contribution is -0.128. The summed E-state index contributed by atoms with van der Waals surface area (Å²) in [6, 6.07) is 0.864. The zero-order valence-corrected chi connectivity index (χ0v) is 11.4. The standard InChI is InChI=1S/C11H11BClFO6/c1-11(2)19-9-7(10(15)20-11)6(14)3-5(13)8(9)18-4-12(16)17/h3,16-17H,4H2,1-2H3. The highest BCUT2D eigenvalue weighted by atomic mass is 35.5. The number of fused-ring (bicyclic) bond motifs is 1. The molecule has 0 radical (unpaired) electrons. The largest absolute Gasteiger partial charge is 0.491 e. The number of ether oxygens (including phenoxy) is 3. The van der Waals surface area contributed by atoms with E-state index in [4.69, 9.17) is 35.9 Å². The van der Waals surface area contributed by atoms with Crippen molar-refractivity contribution in [3.05, 3.63) is 22.5 Å². The van der Waals surface area contributed by atoms with Crippen molar-refractivity contribution in [2.45, 2.75) is 19.6 Å². The molecule has 108 valence electrons. The van der Waals surface area contributed by atoms with E-state index in [1.54, 1.807) is 0 Å². The Hall–Kier alpha value is -1.51. The van der Waals surface area contributed by atoms with Gasteiger partial charge in [-0.3, -0.25) is 0 Å². The lowest BCUT2D eigenvalue weighted by Gasteiger charge is -2.32. The van der Waals surface area contributed by atoms with E-state index in [0.29, 0.717) is 0 Å². The van der Waals surface area contributed by atoms with Gasteiger partial charge in [0.15, 0.2) is 11.5 Å². The van der Waals surface area contributed by atoms with Crippen LogP contribution in [-0.4, -0.2) is 35.4 Å². The second-order valence-electron chi connectivity index (χ2n) is 4.56. The maximum Gasteiger partial charge on any atom is 0.491 e. The normalized spacial score (nSPS) is 16.0. The maximum atomic E-state index is 13.8. The van der Waals surface area contributed by atoms with E-state index >= 15 is 0 Å². The summed E-state index contributed by atoms with van der Waals surface area (Å²) in [5, 5.41) is 17.4. The quantitative estimate of drug-likeness (QED) is 0.644. The molecule has 0 fully saturated rings. The van der Waals surface area contributed by atoms with E-state index in [2.05, 4.69) is 0 Å². The number of esters is 1. The van der Waals surface area contributed by atoms with Crippen molar-refractivity contribution in [3.63, 3.8) is 0 Å². The number of rotatable bonds is 3. The molecule has 1 aromatic carbocycles. The first kappa shape index (κ1) is 14.9. The fourth-order valence-corrected chi connectivity index (χ4v) is 1.94. The summed E-state index contributed by atoms with van der Waals surface area (Å²) >= 11 is 5.83. The second-order valence-corrected chi connectivity index (χ2v) is 4.96. The Bertz CT molecular complexity index is 562. The Kier molecular flexibility index (Phi) is 3.81. The van der Waals surface area contributed by atoms with Gasteiger partial charge in [0.2, 0.25) is 5.79 Å². The zero-order chi connectivity index (χ0) is 15.1. The summed E-state index contributed by atoms with van der Waals surface area (Å²) in [5.74, 6) is -3.53. The van der Waals surface area contributed by atoms with E-state index in [1.165, 1.54) is 13.8 Å². The molecule has 1 aliphatic rings. The number of carbonyl (C=O) groups is 1. The minimum absolute atomic E-state index is 0.152. The molecule has 0 saturated heterocycles. The van der Waals surface area contributed by atoms with Crippen LogP contribution >= 0.6 is 11.6 Å². The van der Waals surface area contributed by atoms with Gasteiger partial charge in [0.25, 0.3) is 0 Å². The summed E-state index contributed by atoms with van der Waals surface area (Å²) in [7, 11) is -1.75. The van der Waals surface area contributed by atoms with Crippen LogP contribution in [0.2, 0.25) is 5.02 Å². The molecule has 0 bridgehead atoms. The van der Waals surface area contributed by atoms with Gasteiger partial charge in [0, 0.05) is 13.8 Å². The first-order chi connectivity index (χ1) is 9.21. The van der Waals surface area contributed by atoms with E-state index in [0.717, 1.165) is 6.07 Å². The smallest absolute Gasteiger partial charge is 0.490 e. The molecule has 1 aromatic rings. The third kappa shape index (κ3) is 2.82. The minimum atomic E-state index is -1.75. The summed E-state index contributed by atoms with van der Waals surface area (Å²) in [5.41, 5.74) is -0.448. The molecule has 0 aromatic heterocycles. The number of hydrogen-bond acceptors (Lipinski definition) is 6. The summed E-state index contributed by atoms with van der Waals surface area (Å²) < 4.78 is 29.1. The fraction of sp³-hybridized carbons (Fsp3) is 0.364. The van der Waals surface area contributed by atoms with Gasteiger partial charge in [-0.2, -0.15) is 0 Å². The van der Waals surface area contributed by atoms with Crippen LogP contribution in [0.4, 0.5) is 4.39 Å². The van der Waals surface area contributed by atoms with Gasteiger partial charge in [-0.15, -0.1) is 0 Å². The molecule has 2 rings (SSSR count). The molecule has 20 heavy (non-hydrogen) atoms. The second kappa shape index (κ2) is 5.12. The monoisotopic (exact) mass is 304 g/mol. The van der Waals surface area contributed by atoms with Crippen molar-refractivity contribution in [2.75, 3.05) is 6.51 Å². The Morgan fingerprint density at radius 2 is 2.10 bits per heavy atom. The first-order valence-electron chi connectivity index (χ1n) is 5.64. The highest BCUT2D eigenvalue weighted by molar-refractivity contribution is 6.41. The SMILES string of the molecule is CC1(C)OC(=O)c2c(F)cc(Cl)c(OCB(O)O)c2O1. The Labute approximate surface area is 119 Å². The van der Waals surface area contributed by atoms with E-state index in [9.17, 15) is 9.18 Å². The molecule has 0 unspecified atom stereocenters. The van der Waals surface area contributed by atoms with Gasteiger partial charge in [0.05, 0.1) is 5.02 Å². The minimum Gasteiger partial charge on any atom is -0.490 e. The molecule has 9 heteroatoms. The van der Waals surface area contributed by atoms with E-state index in [1.807, 2.05) is 0 Å². The van der Waals surface area contributed by atoms with Crippen LogP contribution in [0.25, 0.3) is 0 Å². The van der Waals surface area contributed by atoms with E-state index in [-0.39, 0.29) is 16.5 Å². The van der Waals surface area contributed by atoms with Crippen molar-refractivity contribution in [2.24, 2.45) is 0 Å². The number of hydrogen-bond donors (Lipinski definition) is 2. The van der Waals surface area contributed by atoms with Gasteiger partial charge < -0.3 is 24.3 Å². The van der Waals surface area contributed by atoms with Crippen molar-refractivity contribution >= 4 is 24.7 Å². The van der Waals surface area contributed by atoms with Gasteiger partial charge in [-0.1, -0.05) is 11.6 Å². The third-order valence-electron chi connectivity index (χ3n) is 2.41. The molecule has 6 nitrogen and oxygen atoms in total. The molecule has 0 atom stereocenters. The number of halogens is 2. The van der Waals surface area contributed by atoms with Crippen molar-refractivity contribution < 1.29 is 33.4 Å². The molecule has 1 aliphatic heterocycles. The highest BCUT2D eigenvalue weighted by Gasteiger charge is 2.39. The average Bonchev–Trinajstić information content (AvgIpc) is 2.24. The Morgan fingerprint density at radius 3 is 2.70 bits per heavy atom. The number of carbonyl (C=O) groups excluding carboxylic acids is 1. The van der Waals surface area contributed by atoms with E-state index < -0.39 is 36.8 Å². The molecule has 2 N–H and O–H groups in total. The highest BCUT2D eigenvalue weighted by Crippen LogP contribution is 2.44. The molecule has 0 spiro atoms. The van der Waals surface area contributed by atoms with Crippen molar-refractivity contribution in [1.29, 1.82) is 0 Å². The maximum absolute atomic E-state index is 13.8. The van der Waals surface area contributed by atoms with Gasteiger partial charge in [-0.25, -0.2) is 9.18 Å². The Morgan fingerprint density at radius 1 is 1.45 bits per heavy atom. The molecule has 0 aliphatic carbocycles. The molecule has 0 saturated carbocycles. The van der Waals surface area contributed by atoms with Crippen LogP contribution in [0.15, 0.2) is 6.07 Å². The predicted octanol–water partition coefficient (Wildman–Crippen LogP) is 1.16. The molecular formula is C11H11BClFO6. The van der Waals surface area contributed by atoms with Crippen molar-refractivity contribution in [1.82, 2.24) is 0 Å². The van der Waals surface area contributed by atoms with Gasteiger partial charge in [-0.05, 0) is 6.07 Å². The average molecular weight is 304 g/mol. The molecular weight excluding hydrogens is 293 g/mol. The van der Waals surface area contributed by atoms with Crippen LogP contribution in [-0.2, 0) is 4.74 Å². The third-order valence-corrected chi connectivity index (χ3v) is 2.69. The molecule has 1 heterocycles. The van der Waals surface area contributed by atoms with Crippen LogP contribution in [0.1, 0.15) is 24.2 Å². The predicted molar refractivity (Wildman–Crippen MR) is 67.2 cm³/mol. The van der Waals surface area contributed by atoms with Crippen LogP contribution in [0, 0.1) is 5.82 Å². The van der Waals surface area contributed by atoms with Crippen LogP contribution in [0.5, 0.6) is 11.5 Å². The summed E-state index contributed by atoms with van der Waals surface area (Å²) in [6.45, 7) is 2.39. The number of cyclic esters (lactones) is 1.